The van der Waals surface area contributed by atoms with Crippen LogP contribution in [0.4, 0.5) is 5.13 Å². The first kappa shape index (κ1) is 19.2. The van der Waals surface area contributed by atoms with Crippen LogP contribution in [0.1, 0.15) is 15.2 Å². The molecule has 6 nitrogen and oxygen atoms in total. The zero-order valence-electron chi connectivity index (χ0n) is 14.9. The Bertz CT molecular complexity index is 986. The van der Waals surface area contributed by atoms with E-state index in [0.29, 0.717) is 15.2 Å². The second-order valence-corrected chi connectivity index (χ2v) is 7.67. The van der Waals surface area contributed by atoms with E-state index in [1.807, 2.05) is 31.2 Å². The summed E-state index contributed by atoms with van der Waals surface area (Å²) >= 11 is 4.61. The Kier molecular flexibility index (Phi) is 5.67. The molecule has 2 N–H and O–H groups in total. The lowest BCUT2D eigenvalue weighted by Crippen LogP contribution is -2.12. The molecule has 0 saturated heterocycles. The highest BCUT2D eigenvalue weighted by atomic mass is 79.9. The molecule has 0 aliphatic carbocycles. The van der Waals surface area contributed by atoms with Gasteiger partial charge in [-0.2, -0.15) is 0 Å². The van der Waals surface area contributed by atoms with Crippen molar-refractivity contribution in [2.45, 2.75) is 6.92 Å². The summed E-state index contributed by atoms with van der Waals surface area (Å²) in [6.07, 6.45) is 0. The molecule has 3 rings (SSSR count). The first-order valence-corrected chi connectivity index (χ1v) is 9.53. The number of aromatic nitrogens is 1. The van der Waals surface area contributed by atoms with Crippen molar-refractivity contribution in [3.63, 3.8) is 0 Å². The summed E-state index contributed by atoms with van der Waals surface area (Å²) in [5, 5.41) is 13.2. The maximum atomic E-state index is 12.6. The number of halogens is 1. The second-order valence-electron chi connectivity index (χ2n) is 5.62. The Labute approximate surface area is 168 Å². The Balaban J connectivity index is 1.84. The zero-order valence-corrected chi connectivity index (χ0v) is 17.3. The van der Waals surface area contributed by atoms with Gasteiger partial charge in [0.25, 0.3) is 5.91 Å². The van der Waals surface area contributed by atoms with Crippen LogP contribution in [0.25, 0.3) is 11.3 Å². The number of hydrogen-bond donors (Lipinski definition) is 2. The van der Waals surface area contributed by atoms with Crippen LogP contribution in [0, 0.1) is 6.92 Å². The van der Waals surface area contributed by atoms with E-state index in [1.165, 1.54) is 30.6 Å². The van der Waals surface area contributed by atoms with E-state index >= 15 is 0 Å². The van der Waals surface area contributed by atoms with E-state index in [0.717, 1.165) is 21.9 Å². The predicted molar refractivity (Wildman–Crippen MR) is 109 cm³/mol. The van der Waals surface area contributed by atoms with Gasteiger partial charge in [0, 0.05) is 16.0 Å². The van der Waals surface area contributed by atoms with E-state index in [-0.39, 0.29) is 17.4 Å². The summed E-state index contributed by atoms with van der Waals surface area (Å²) in [6, 6.07) is 10.6. The van der Waals surface area contributed by atoms with Crippen molar-refractivity contribution in [2.24, 2.45) is 0 Å². The van der Waals surface area contributed by atoms with Gasteiger partial charge in [-0.1, -0.05) is 0 Å². The molecule has 2 aromatic carbocycles. The maximum absolute atomic E-state index is 12.6. The molecular formula is C19H17BrN2O4S. The van der Waals surface area contributed by atoms with E-state index < -0.39 is 0 Å². The van der Waals surface area contributed by atoms with Crippen LogP contribution >= 0.6 is 27.3 Å². The molecule has 0 spiro atoms. The first-order chi connectivity index (χ1) is 12.9. The predicted octanol–water partition coefficient (Wildman–Crippen LogP) is 4.86. The minimum absolute atomic E-state index is 0.0547. The number of amides is 1. The van der Waals surface area contributed by atoms with Crippen LogP contribution in [0.15, 0.2) is 40.9 Å². The summed E-state index contributed by atoms with van der Waals surface area (Å²) in [7, 11) is 3.04. The Hall–Kier alpha value is -2.58. The molecule has 8 heteroatoms. The number of nitrogens with zero attached hydrogens (tertiary/aromatic N) is 1. The number of thiazole rings is 1. The van der Waals surface area contributed by atoms with Gasteiger partial charge in [-0.3, -0.25) is 10.1 Å². The lowest BCUT2D eigenvalue weighted by atomic mass is 10.1. The molecule has 1 heterocycles. The average molecular weight is 449 g/mol. The SMILES string of the molecule is COc1ccc(-c2nc(NC(=O)c3cc(Br)c(O)c(OC)c3)sc2C)cc1. The van der Waals surface area contributed by atoms with Gasteiger partial charge in [-0.25, -0.2) is 4.98 Å². The monoisotopic (exact) mass is 448 g/mol. The molecule has 0 saturated carbocycles. The molecule has 3 aromatic rings. The maximum Gasteiger partial charge on any atom is 0.257 e. The van der Waals surface area contributed by atoms with Gasteiger partial charge in [0.15, 0.2) is 16.6 Å². The van der Waals surface area contributed by atoms with Crippen LogP contribution in [0.5, 0.6) is 17.2 Å². The molecule has 27 heavy (non-hydrogen) atoms. The number of ether oxygens (including phenoxy) is 2. The number of benzene rings is 2. The van der Waals surface area contributed by atoms with Crippen LogP contribution in [0.2, 0.25) is 0 Å². The van der Waals surface area contributed by atoms with Crippen molar-refractivity contribution >= 4 is 38.3 Å². The van der Waals surface area contributed by atoms with Gasteiger partial charge in [0.1, 0.15) is 5.75 Å². The minimum atomic E-state index is -0.343. The molecule has 0 aliphatic heterocycles. The summed E-state index contributed by atoms with van der Waals surface area (Å²) in [5.74, 6) is 0.584. The Morgan fingerprint density at radius 3 is 2.52 bits per heavy atom. The number of carbonyl (C=O) groups is 1. The number of anilines is 1. The van der Waals surface area contributed by atoms with Gasteiger partial charge < -0.3 is 14.6 Å². The normalized spacial score (nSPS) is 10.5. The number of aromatic hydroxyl groups is 1. The van der Waals surface area contributed by atoms with E-state index in [1.54, 1.807) is 7.11 Å². The van der Waals surface area contributed by atoms with Crippen molar-refractivity contribution in [2.75, 3.05) is 19.5 Å². The summed E-state index contributed by atoms with van der Waals surface area (Å²) in [5.41, 5.74) is 2.09. The van der Waals surface area contributed by atoms with Crippen molar-refractivity contribution in [3.05, 3.63) is 51.3 Å². The fraction of sp³-hybridized carbons (Fsp3) is 0.158. The molecule has 0 unspecified atom stereocenters. The zero-order chi connectivity index (χ0) is 19.6. The Morgan fingerprint density at radius 2 is 1.89 bits per heavy atom. The van der Waals surface area contributed by atoms with Gasteiger partial charge in [0.2, 0.25) is 0 Å². The standard InChI is InChI=1S/C19H17BrN2O4S/c1-10-16(11-4-6-13(25-2)7-5-11)21-19(27-10)22-18(24)12-8-14(20)17(23)15(9-12)26-3/h4-9,23H,1-3H3,(H,21,22,24). The number of nitrogens with one attached hydrogen (secondary N) is 1. The van der Waals surface area contributed by atoms with Gasteiger partial charge in [0.05, 0.1) is 24.4 Å². The van der Waals surface area contributed by atoms with Crippen molar-refractivity contribution in [3.8, 4) is 28.5 Å². The fourth-order valence-electron chi connectivity index (χ4n) is 2.50. The number of hydrogen-bond acceptors (Lipinski definition) is 6. The number of phenols is 1. The summed E-state index contributed by atoms with van der Waals surface area (Å²) in [6.45, 7) is 1.95. The number of rotatable bonds is 5. The summed E-state index contributed by atoms with van der Waals surface area (Å²) in [4.78, 5) is 18.1. The average Bonchev–Trinajstić information content (AvgIpc) is 3.03. The van der Waals surface area contributed by atoms with Gasteiger partial charge >= 0.3 is 0 Å². The lowest BCUT2D eigenvalue weighted by molar-refractivity contribution is 0.102. The topological polar surface area (TPSA) is 80.7 Å². The molecule has 0 bridgehead atoms. The quantitative estimate of drug-likeness (QED) is 0.582. The van der Waals surface area contributed by atoms with E-state index in [2.05, 4.69) is 26.2 Å². The number of aryl methyl sites for hydroxylation is 1. The van der Waals surface area contributed by atoms with Crippen LogP contribution in [0.3, 0.4) is 0 Å². The number of carbonyl (C=O) groups excluding carboxylic acids is 1. The highest BCUT2D eigenvalue weighted by molar-refractivity contribution is 9.10. The number of methoxy groups -OCH3 is 2. The molecule has 0 fully saturated rings. The smallest absolute Gasteiger partial charge is 0.257 e. The van der Waals surface area contributed by atoms with Crippen LogP contribution in [-0.4, -0.2) is 30.2 Å². The Morgan fingerprint density at radius 1 is 1.19 bits per heavy atom. The van der Waals surface area contributed by atoms with Crippen molar-refractivity contribution in [1.29, 1.82) is 0 Å². The lowest BCUT2D eigenvalue weighted by Gasteiger charge is -2.08. The van der Waals surface area contributed by atoms with E-state index in [9.17, 15) is 9.90 Å². The van der Waals surface area contributed by atoms with E-state index in [4.69, 9.17) is 9.47 Å². The highest BCUT2D eigenvalue weighted by Gasteiger charge is 2.16. The van der Waals surface area contributed by atoms with Gasteiger partial charge in [-0.05, 0) is 59.3 Å². The molecular weight excluding hydrogens is 432 g/mol. The third kappa shape index (κ3) is 4.06. The molecule has 0 atom stereocenters. The van der Waals surface area contributed by atoms with Crippen molar-refractivity contribution < 1.29 is 19.4 Å². The molecule has 1 aromatic heterocycles. The largest absolute Gasteiger partial charge is 0.503 e. The second kappa shape index (κ2) is 7.98. The number of phenolic OH excluding ortho intramolecular Hbond substituents is 1. The molecule has 1 amide bonds. The van der Waals surface area contributed by atoms with Gasteiger partial charge in [-0.15, -0.1) is 11.3 Å². The summed E-state index contributed by atoms with van der Waals surface area (Å²) < 4.78 is 10.6. The third-order valence-electron chi connectivity index (χ3n) is 3.89. The fourth-order valence-corrected chi connectivity index (χ4v) is 3.77. The van der Waals surface area contributed by atoms with Crippen LogP contribution < -0.4 is 14.8 Å². The van der Waals surface area contributed by atoms with Crippen molar-refractivity contribution in [1.82, 2.24) is 4.98 Å². The third-order valence-corrected chi connectivity index (χ3v) is 5.38. The minimum Gasteiger partial charge on any atom is -0.503 e. The highest BCUT2D eigenvalue weighted by Crippen LogP contribution is 2.36. The first-order valence-electron chi connectivity index (χ1n) is 7.92. The molecule has 0 radical (unpaired) electrons. The molecule has 0 aliphatic rings. The molecule has 140 valence electrons. The van der Waals surface area contributed by atoms with Crippen LogP contribution in [-0.2, 0) is 0 Å².